The van der Waals surface area contributed by atoms with Gasteiger partial charge < -0.3 is 5.11 Å². The van der Waals surface area contributed by atoms with Gasteiger partial charge in [-0.3, -0.25) is 0 Å². The number of phenols is 1. The van der Waals surface area contributed by atoms with Gasteiger partial charge in [0.2, 0.25) is 0 Å². The number of aromatic hydroxyl groups is 1. The molecule has 0 saturated carbocycles. The summed E-state index contributed by atoms with van der Waals surface area (Å²) in [6.45, 7) is 0. The molecule has 1 atom stereocenters. The van der Waals surface area contributed by atoms with Crippen LogP contribution in [0, 0.1) is 0 Å². The first-order valence-corrected chi connectivity index (χ1v) is 6.68. The van der Waals surface area contributed by atoms with Crippen LogP contribution in [0.5, 0.6) is 5.75 Å². The van der Waals surface area contributed by atoms with Crippen LogP contribution < -0.4 is 0 Å². The zero-order valence-corrected chi connectivity index (χ0v) is 10.5. The molecule has 0 spiro atoms. The van der Waals surface area contributed by atoms with Crippen LogP contribution in [0.3, 0.4) is 0 Å². The second kappa shape index (κ2) is 4.85. The molecule has 92 valence electrons. The minimum atomic E-state index is 0.350. The van der Waals surface area contributed by atoms with Crippen molar-refractivity contribution in [3.05, 3.63) is 65.2 Å². The SMILES string of the molecule is Oc1ccc(C[C@@H]2CCCc3ccccc32)cc1. The van der Waals surface area contributed by atoms with E-state index in [1.54, 1.807) is 12.1 Å². The lowest BCUT2D eigenvalue weighted by molar-refractivity contribution is 0.474. The molecule has 0 saturated heterocycles. The Hall–Kier alpha value is -1.76. The Balaban J connectivity index is 1.84. The zero-order valence-electron chi connectivity index (χ0n) is 10.5. The lowest BCUT2D eigenvalue weighted by atomic mass is 9.80. The van der Waals surface area contributed by atoms with E-state index >= 15 is 0 Å². The Bertz CT molecular complexity index is 528. The predicted octanol–water partition coefficient (Wildman–Crippen LogP) is 4.05. The Morgan fingerprint density at radius 3 is 2.61 bits per heavy atom. The van der Waals surface area contributed by atoms with E-state index in [2.05, 4.69) is 24.3 Å². The van der Waals surface area contributed by atoms with Crippen LogP contribution in [-0.2, 0) is 12.8 Å². The molecule has 1 heteroatoms. The first-order chi connectivity index (χ1) is 8.83. The van der Waals surface area contributed by atoms with Crippen LogP contribution in [0.4, 0.5) is 0 Å². The maximum absolute atomic E-state index is 9.32. The summed E-state index contributed by atoms with van der Waals surface area (Å²) < 4.78 is 0. The van der Waals surface area contributed by atoms with Crippen molar-refractivity contribution in [2.45, 2.75) is 31.6 Å². The summed E-state index contributed by atoms with van der Waals surface area (Å²) in [5, 5.41) is 9.32. The van der Waals surface area contributed by atoms with E-state index in [4.69, 9.17) is 0 Å². The number of hydrogen-bond acceptors (Lipinski definition) is 1. The fourth-order valence-corrected chi connectivity index (χ4v) is 2.98. The Kier molecular flexibility index (Phi) is 3.06. The molecule has 0 bridgehead atoms. The molecule has 1 nitrogen and oxygen atoms in total. The van der Waals surface area contributed by atoms with E-state index in [9.17, 15) is 5.11 Å². The van der Waals surface area contributed by atoms with Crippen molar-refractivity contribution in [2.75, 3.05) is 0 Å². The average molecular weight is 238 g/mol. The number of hydrogen-bond donors (Lipinski definition) is 1. The molecule has 18 heavy (non-hydrogen) atoms. The molecular formula is C17H18O. The van der Waals surface area contributed by atoms with Gasteiger partial charge in [0.15, 0.2) is 0 Å². The third kappa shape index (κ3) is 2.26. The largest absolute Gasteiger partial charge is 0.508 e. The zero-order chi connectivity index (χ0) is 12.4. The van der Waals surface area contributed by atoms with Crippen molar-refractivity contribution in [2.24, 2.45) is 0 Å². The van der Waals surface area contributed by atoms with Gasteiger partial charge in [0.05, 0.1) is 0 Å². The van der Waals surface area contributed by atoms with Crippen LogP contribution in [0.1, 0.15) is 35.4 Å². The third-order valence-electron chi connectivity index (χ3n) is 3.91. The van der Waals surface area contributed by atoms with E-state index in [0.717, 1.165) is 6.42 Å². The molecule has 1 N–H and O–H groups in total. The number of rotatable bonds is 2. The van der Waals surface area contributed by atoms with Crippen LogP contribution in [0.2, 0.25) is 0 Å². The number of benzene rings is 2. The summed E-state index contributed by atoms with van der Waals surface area (Å²) in [4.78, 5) is 0. The van der Waals surface area contributed by atoms with Crippen molar-refractivity contribution in [1.82, 2.24) is 0 Å². The maximum atomic E-state index is 9.32. The summed E-state index contributed by atoms with van der Waals surface area (Å²) >= 11 is 0. The molecule has 1 aliphatic rings. The first kappa shape index (κ1) is 11.3. The predicted molar refractivity (Wildman–Crippen MR) is 73.9 cm³/mol. The van der Waals surface area contributed by atoms with Gasteiger partial charge in [-0.05, 0) is 60.4 Å². The van der Waals surface area contributed by atoms with Crippen LogP contribution >= 0.6 is 0 Å². The van der Waals surface area contributed by atoms with Crippen molar-refractivity contribution in [3.63, 3.8) is 0 Å². The molecule has 0 aliphatic heterocycles. The molecule has 0 unspecified atom stereocenters. The van der Waals surface area contributed by atoms with E-state index < -0.39 is 0 Å². The summed E-state index contributed by atoms with van der Waals surface area (Å²) in [6.07, 6.45) is 4.87. The van der Waals surface area contributed by atoms with Crippen molar-refractivity contribution < 1.29 is 5.11 Å². The molecular weight excluding hydrogens is 220 g/mol. The van der Waals surface area contributed by atoms with E-state index in [1.807, 2.05) is 12.1 Å². The highest BCUT2D eigenvalue weighted by Gasteiger charge is 2.19. The van der Waals surface area contributed by atoms with Crippen LogP contribution in [0.25, 0.3) is 0 Å². The molecule has 0 radical (unpaired) electrons. The summed E-state index contributed by atoms with van der Waals surface area (Å²) in [6, 6.07) is 16.5. The second-order valence-electron chi connectivity index (χ2n) is 5.16. The standard InChI is InChI=1S/C17H18O/c18-16-10-8-13(9-11-16)12-15-6-3-5-14-4-1-2-7-17(14)15/h1-2,4,7-11,15,18H,3,5-6,12H2/t15-/m0/s1. The quantitative estimate of drug-likeness (QED) is 0.836. The maximum Gasteiger partial charge on any atom is 0.115 e. The van der Waals surface area contributed by atoms with Gasteiger partial charge in [-0.15, -0.1) is 0 Å². The lowest BCUT2D eigenvalue weighted by Crippen LogP contribution is -2.11. The number of aryl methyl sites for hydroxylation is 1. The normalized spacial score (nSPS) is 18.3. The van der Waals surface area contributed by atoms with Gasteiger partial charge in [0, 0.05) is 0 Å². The van der Waals surface area contributed by atoms with E-state index in [-0.39, 0.29) is 0 Å². The number of fused-ring (bicyclic) bond motifs is 1. The monoisotopic (exact) mass is 238 g/mol. The van der Waals surface area contributed by atoms with Gasteiger partial charge in [-0.25, -0.2) is 0 Å². The lowest BCUT2D eigenvalue weighted by Gasteiger charge is -2.25. The van der Waals surface area contributed by atoms with Gasteiger partial charge in [-0.1, -0.05) is 36.4 Å². The molecule has 1 aliphatic carbocycles. The molecule has 0 aromatic heterocycles. The van der Waals surface area contributed by atoms with Crippen LogP contribution in [0.15, 0.2) is 48.5 Å². The fourth-order valence-electron chi connectivity index (χ4n) is 2.98. The van der Waals surface area contributed by atoms with Crippen molar-refractivity contribution in [1.29, 1.82) is 0 Å². The minimum Gasteiger partial charge on any atom is -0.508 e. The molecule has 0 heterocycles. The van der Waals surface area contributed by atoms with Gasteiger partial charge in [-0.2, -0.15) is 0 Å². The second-order valence-corrected chi connectivity index (χ2v) is 5.16. The van der Waals surface area contributed by atoms with Crippen molar-refractivity contribution in [3.8, 4) is 5.75 Å². The van der Waals surface area contributed by atoms with Gasteiger partial charge in [0.1, 0.15) is 5.75 Å². The molecule has 2 aromatic rings. The molecule has 0 fully saturated rings. The average Bonchev–Trinajstić information content (AvgIpc) is 2.42. The smallest absolute Gasteiger partial charge is 0.115 e. The Labute approximate surface area is 108 Å². The summed E-state index contributed by atoms with van der Waals surface area (Å²) in [5.74, 6) is 0.988. The van der Waals surface area contributed by atoms with E-state index in [1.165, 1.54) is 36.0 Å². The Morgan fingerprint density at radius 1 is 1.00 bits per heavy atom. The summed E-state index contributed by atoms with van der Waals surface area (Å²) in [7, 11) is 0. The minimum absolute atomic E-state index is 0.350. The highest BCUT2D eigenvalue weighted by molar-refractivity contribution is 5.35. The first-order valence-electron chi connectivity index (χ1n) is 6.68. The highest BCUT2D eigenvalue weighted by Crippen LogP contribution is 2.34. The molecule has 3 rings (SSSR count). The fraction of sp³-hybridized carbons (Fsp3) is 0.294. The van der Waals surface area contributed by atoms with Crippen molar-refractivity contribution >= 4 is 0 Å². The van der Waals surface area contributed by atoms with Crippen LogP contribution in [-0.4, -0.2) is 5.11 Å². The third-order valence-corrected chi connectivity index (χ3v) is 3.91. The van der Waals surface area contributed by atoms with Gasteiger partial charge >= 0.3 is 0 Å². The summed E-state index contributed by atoms with van der Waals surface area (Å²) in [5.41, 5.74) is 4.36. The molecule has 2 aromatic carbocycles. The molecule has 0 amide bonds. The Morgan fingerprint density at radius 2 is 1.78 bits per heavy atom. The van der Waals surface area contributed by atoms with E-state index in [0.29, 0.717) is 11.7 Å². The van der Waals surface area contributed by atoms with Gasteiger partial charge in [0.25, 0.3) is 0 Å². The topological polar surface area (TPSA) is 20.2 Å². The number of phenolic OH excluding ortho intramolecular Hbond substituents is 1. The highest BCUT2D eigenvalue weighted by atomic mass is 16.3.